The van der Waals surface area contributed by atoms with Crippen molar-refractivity contribution in [1.82, 2.24) is 4.98 Å². The topological polar surface area (TPSA) is 56.0 Å². The molecule has 0 aliphatic heterocycles. The van der Waals surface area contributed by atoms with Crippen LogP contribution in [0.25, 0.3) is 10.8 Å². The van der Waals surface area contributed by atoms with E-state index in [9.17, 15) is 4.79 Å². The smallest absolute Gasteiger partial charge is 0.229 e. The number of amides is 1. The fraction of sp³-hybridized carbons (Fsp3) is 0.0769. The van der Waals surface area contributed by atoms with Crippen LogP contribution in [0, 0.1) is 11.8 Å². The first-order valence-corrected chi connectivity index (χ1v) is 4.88. The van der Waals surface area contributed by atoms with Gasteiger partial charge >= 0.3 is 0 Å². The second-order valence-electron chi connectivity index (χ2n) is 3.33. The van der Waals surface area contributed by atoms with Gasteiger partial charge in [-0.3, -0.25) is 4.79 Å². The third kappa shape index (κ3) is 2.18. The molecular weight excluding hydrogens is 200 g/mol. The van der Waals surface area contributed by atoms with E-state index >= 15 is 0 Å². The molecule has 1 amide bonds. The van der Waals surface area contributed by atoms with E-state index in [2.05, 4.69) is 16.8 Å². The minimum absolute atomic E-state index is 0.0604. The summed E-state index contributed by atoms with van der Waals surface area (Å²) in [5, 5.41) is 2.07. The average molecular weight is 210 g/mol. The minimum atomic E-state index is -0.423. The summed E-state index contributed by atoms with van der Waals surface area (Å²) < 4.78 is 0. The zero-order valence-electron chi connectivity index (χ0n) is 8.60. The molecule has 0 saturated heterocycles. The Morgan fingerprint density at radius 3 is 2.94 bits per heavy atom. The molecule has 1 aromatic heterocycles. The predicted octanol–water partition coefficient (Wildman–Crippen LogP) is 1.46. The van der Waals surface area contributed by atoms with Crippen LogP contribution in [0.4, 0.5) is 0 Å². The molecule has 0 radical (unpaired) electrons. The molecular formula is C13H10N2O. The molecule has 0 unspecified atom stereocenters. The highest BCUT2D eigenvalue weighted by Crippen LogP contribution is 2.14. The Morgan fingerprint density at radius 2 is 2.12 bits per heavy atom. The molecule has 2 aromatic rings. The zero-order chi connectivity index (χ0) is 11.4. The molecule has 3 heteroatoms. The molecule has 0 fully saturated rings. The van der Waals surface area contributed by atoms with Crippen molar-refractivity contribution in [2.24, 2.45) is 5.73 Å². The molecule has 0 spiro atoms. The first-order valence-electron chi connectivity index (χ1n) is 4.88. The van der Waals surface area contributed by atoms with Crippen molar-refractivity contribution in [3.63, 3.8) is 0 Å². The van der Waals surface area contributed by atoms with Crippen LogP contribution in [-0.2, 0) is 4.79 Å². The summed E-state index contributed by atoms with van der Waals surface area (Å²) in [6.45, 7) is 0. The van der Waals surface area contributed by atoms with Crippen molar-refractivity contribution >= 4 is 16.7 Å². The van der Waals surface area contributed by atoms with Crippen LogP contribution < -0.4 is 5.73 Å². The Morgan fingerprint density at radius 1 is 1.31 bits per heavy atom. The third-order valence-electron chi connectivity index (χ3n) is 2.14. The third-order valence-corrected chi connectivity index (χ3v) is 2.14. The molecule has 1 heterocycles. The number of hydrogen-bond donors (Lipinski definition) is 1. The van der Waals surface area contributed by atoms with Crippen molar-refractivity contribution in [2.75, 3.05) is 0 Å². The Balaban J connectivity index is 2.43. The van der Waals surface area contributed by atoms with E-state index in [0.717, 1.165) is 10.8 Å². The number of carbonyl (C=O) groups excluding carboxylic acids is 1. The Bertz CT molecular complexity index is 588. The van der Waals surface area contributed by atoms with Crippen LogP contribution >= 0.6 is 0 Å². The number of fused-ring (bicyclic) bond motifs is 1. The lowest BCUT2D eigenvalue weighted by atomic mass is 10.1. The van der Waals surface area contributed by atoms with Crippen LogP contribution in [0.2, 0.25) is 0 Å². The summed E-state index contributed by atoms with van der Waals surface area (Å²) in [6.07, 6.45) is 1.77. The minimum Gasteiger partial charge on any atom is -0.369 e. The summed E-state index contributed by atoms with van der Waals surface area (Å²) >= 11 is 0. The van der Waals surface area contributed by atoms with Gasteiger partial charge in [0, 0.05) is 11.6 Å². The number of nitrogens with two attached hydrogens (primary N) is 1. The number of aromatic nitrogens is 1. The highest BCUT2D eigenvalue weighted by molar-refractivity contribution is 5.86. The lowest BCUT2D eigenvalue weighted by molar-refractivity contribution is -0.117. The molecule has 78 valence electrons. The molecule has 0 atom stereocenters. The lowest BCUT2D eigenvalue weighted by Crippen LogP contribution is -2.08. The van der Waals surface area contributed by atoms with Crippen molar-refractivity contribution in [1.29, 1.82) is 0 Å². The number of pyridine rings is 1. The van der Waals surface area contributed by atoms with Crippen molar-refractivity contribution in [3.8, 4) is 11.8 Å². The van der Waals surface area contributed by atoms with Gasteiger partial charge in [-0.1, -0.05) is 30.2 Å². The first-order chi connectivity index (χ1) is 7.77. The zero-order valence-corrected chi connectivity index (χ0v) is 8.60. The van der Waals surface area contributed by atoms with E-state index in [0.29, 0.717) is 5.69 Å². The lowest BCUT2D eigenvalue weighted by Gasteiger charge is -1.97. The van der Waals surface area contributed by atoms with Crippen LogP contribution in [0.15, 0.2) is 36.5 Å². The van der Waals surface area contributed by atoms with Crippen LogP contribution in [0.5, 0.6) is 0 Å². The molecule has 0 aliphatic carbocycles. The van der Waals surface area contributed by atoms with Crippen LogP contribution in [0.1, 0.15) is 12.1 Å². The highest BCUT2D eigenvalue weighted by atomic mass is 16.1. The molecule has 0 aliphatic rings. The summed E-state index contributed by atoms with van der Waals surface area (Å²) in [7, 11) is 0. The summed E-state index contributed by atoms with van der Waals surface area (Å²) in [4.78, 5) is 14.7. The maximum Gasteiger partial charge on any atom is 0.229 e. The van der Waals surface area contributed by atoms with Crippen molar-refractivity contribution in [3.05, 3.63) is 42.2 Å². The molecule has 3 nitrogen and oxygen atoms in total. The van der Waals surface area contributed by atoms with E-state index in [1.807, 2.05) is 30.3 Å². The van der Waals surface area contributed by atoms with Gasteiger partial charge in [0.1, 0.15) is 5.69 Å². The molecule has 1 aromatic carbocycles. The fourth-order valence-electron chi connectivity index (χ4n) is 1.43. The average Bonchev–Trinajstić information content (AvgIpc) is 2.29. The number of benzene rings is 1. The summed E-state index contributed by atoms with van der Waals surface area (Å²) in [5.41, 5.74) is 5.69. The van der Waals surface area contributed by atoms with E-state index in [4.69, 9.17) is 5.73 Å². The van der Waals surface area contributed by atoms with E-state index < -0.39 is 5.91 Å². The predicted molar refractivity (Wildman–Crippen MR) is 62.4 cm³/mol. The Labute approximate surface area is 93.3 Å². The second-order valence-corrected chi connectivity index (χ2v) is 3.33. The number of hydrogen-bond acceptors (Lipinski definition) is 2. The van der Waals surface area contributed by atoms with Gasteiger partial charge in [0.15, 0.2) is 0 Å². The Hall–Kier alpha value is -2.34. The van der Waals surface area contributed by atoms with Crippen molar-refractivity contribution < 1.29 is 4.79 Å². The van der Waals surface area contributed by atoms with Gasteiger partial charge in [0.25, 0.3) is 0 Å². The van der Waals surface area contributed by atoms with E-state index in [1.165, 1.54) is 0 Å². The van der Waals surface area contributed by atoms with E-state index in [1.54, 1.807) is 6.20 Å². The van der Waals surface area contributed by atoms with Crippen LogP contribution in [0.3, 0.4) is 0 Å². The SMILES string of the molecule is NC(=O)CC#Cc1nccc2ccccc12. The van der Waals surface area contributed by atoms with Gasteiger partial charge in [-0.05, 0) is 17.4 Å². The maximum absolute atomic E-state index is 10.6. The van der Waals surface area contributed by atoms with Gasteiger partial charge in [0.05, 0.1) is 6.42 Å². The largest absolute Gasteiger partial charge is 0.369 e. The standard InChI is InChI=1S/C13H10N2O/c14-13(16)7-3-6-12-11-5-2-1-4-10(11)8-9-15-12/h1-2,4-5,8-9H,7H2,(H2,14,16). The monoisotopic (exact) mass is 210 g/mol. The van der Waals surface area contributed by atoms with Crippen molar-refractivity contribution in [2.45, 2.75) is 6.42 Å². The van der Waals surface area contributed by atoms with Gasteiger partial charge in [-0.2, -0.15) is 0 Å². The molecule has 0 bridgehead atoms. The fourth-order valence-corrected chi connectivity index (χ4v) is 1.43. The number of primary amides is 1. The first kappa shape index (κ1) is 10.2. The maximum atomic E-state index is 10.6. The molecule has 2 rings (SSSR count). The van der Waals surface area contributed by atoms with Gasteiger partial charge in [-0.25, -0.2) is 4.98 Å². The van der Waals surface area contributed by atoms with E-state index in [-0.39, 0.29) is 6.42 Å². The molecule has 0 saturated carbocycles. The van der Waals surface area contributed by atoms with Gasteiger partial charge in [-0.15, -0.1) is 0 Å². The quantitative estimate of drug-likeness (QED) is 0.724. The highest BCUT2D eigenvalue weighted by Gasteiger charge is 1.97. The summed E-state index contributed by atoms with van der Waals surface area (Å²) in [5.74, 6) is 5.14. The second kappa shape index (κ2) is 4.45. The van der Waals surface area contributed by atoms with Gasteiger partial charge < -0.3 is 5.73 Å². The Kier molecular flexibility index (Phi) is 2.84. The number of carbonyl (C=O) groups is 1. The number of rotatable bonds is 1. The molecule has 2 N–H and O–H groups in total. The summed E-state index contributed by atoms with van der Waals surface area (Å²) in [6, 6.07) is 9.77. The normalized spacial score (nSPS) is 9.50. The van der Waals surface area contributed by atoms with Crippen LogP contribution in [-0.4, -0.2) is 10.9 Å². The molecule has 16 heavy (non-hydrogen) atoms. The number of nitrogens with zero attached hydrogens (tertiary/aromatic N) is 1. The van der Waals surface area contributed by atoms with Gasteiger partial charge in [0.2, 0.25) is 5.91 Å².